The molecule has 0 aliphatic carbocycles. The molecule has 0 unspecified atom stereocenters. The SMILES string of the molecule is CCOc1cc(C[NH+]2CCN(S(=O)(=O)c3ccc(C)cc3)CC2)ccc1OC. The molecule has 1 aliphatic heterocycles. The Bertz CT molecular complexity index is 889. The number of piperazine rings is 1. The van der Waals surface area contributed by atoms with Crippen molar-refractivity contribution in [1.29, 1.82) is 0 Å². The first-order valence-corrected chi connectivity index (χ1v) is 11.1. The minimum absolute atomic E-state index is 0.373. The van der Waals surface area contributed by atoms with Gasteiger partial charge in [-0.05, 0) is 44.2 Å². The van der Waals surface area contributed by atoms with Gasteiger partial charge in [0.25, 0.3) is 0 Å². The maximum absolute atomic E-state index is 12.8. The van der Waals surface area contributed by atoms with Gasteiger partial charge in [-0.2, -0.15) is 4.31 Å². The van der Waals surface area contributed by atoms with Crippen LogP contribution in [0.1, 0.15) is 18.1 Å². The molecule has 1 aliphatic rings. The van der Waals surface area contributed by atoms with Gasteiger partial charge in [0, 0.05) is 5.56 Å². The first kappa shape index (κ1) is 20.6. The Labute approximate surface area is 167 Å². The fourth-order valence-electron chi connectivity index (χ4n) is 3.47. The van der Waals surface area contributed by atoms with Gasteiger partial charge in [-0.1, -0.05) is 17.7 Å². The van der Waals surface area contributed by atoms with Crippen molar-refractivity contribution in [2.75, 3.05) is 39.9 Å². The maximum Gasteiger partial charge on any atom is 0.243 e. The van der Waals surface area contributed by atoms with Crippen molar-refractivity contribution < 1.29 is 22.8 Å². The number of quaternary nitrogens is 1. The molecule has 0 saturated carbocycles. The summed E-state index contributed by atoms with van der Waals surface area (Å²) in [7, 11) is -1.78. The Morgan fingerprint density at radius 3 is 2.32 bits per heavy atom. The van der Waals surface area contributed by atoms with Crippen molar-refractivity contribution in [3.63, 3.8) is 0 Å². The summed E-state index contributed by atoms with van der Waals surface area (Å²) in [5.74, 6) is 1.48. The number of aryl methyl sites for hydroxylation is 1. The molecule has 1 N–H and O–H groups in total. The number of sulfonamides is 1. The first-order chi connectivity index (χ1) is 13.4. The number of rotatable bonds is 7. The molecule has 0 amide bonds. The minimum Gasteiger partial charge on any atom is -0.493 e. The summed E-state index contributed by atoms with van der Waals surface area (Å²) in [6, 6.07) is 13.1. The summed E-state index contributed by atoms with van der Waals surface area (Å²) in [6.07, 6.45) is 0. The second-order valence-corrected chi connectivity index (χ2v) is 9.00. The quantitative estimate of drug-likeness (QED) is 0.758. The lowest BCUT2D eigenvalue weighted by Gasteiger charge is -2.31. The van der Waals surface area contributed by atoms with Crippen LogP contribution in [0.2, 0.25) is 0 Å². The molecule has 7 heteroatoms. The van der Waals surface area contributed by atoms with Gasteiger partial charge >= 0.3 is 0 Å². The third-order valence-corrected chi connectivity index (χ3v) is 6.98. The van der Waals surface area contributed by atoms with Crippen molar-refractivity contribution in [2.45, 2.75) is 25.3 Å². The Morgan fingerprint density at radius 1 is 1.04 bits per heavy atom. The van der Waals surface area contributed by atoms with Crippen molar-refractivity contribution in [3.8, 4) is 11.5 Å². The number of methoxy groups -OCH3 is 1. The smallest absolute Gasteiger partial charge is 0.243 e. The minimum atomic E-state index is -3.41. The summed E-state index contributed by atoms with van der Waals surface area (Å²) >= 11 is 0. The highest BCUT2D eigenvalue weighted by Gasteiger charge is 2.30. The zero-order valence-electron chi connectivity index (χ0n) is 16.8. The highest BCUT2D eigenvalue weighted by Crippen LogP contribution is 2.27. The van der Waals surface area contributed by atoms with E-state index in [0.29, 0.717) is 24.6 Å². The van der Waals surface area contributed by atoms with Gasteiger partial charge in [0.15, 0.2) is 11.5 Å². The van der Waals surface area contributed by atoms with E-state index in [-0.39, 0.29) is 0 Å². The fourth-order valence-corrected chi connectivity index (χ4v) is 4.91. The van der Waals surface area contributed by atoms with E-state index in [1.54, 1.807) is 23.5 Å². The van der Waals surface area contributed by atoms with Gasteiger partial charge in [-0.3, -0.25) is 0 Å². The van der Waals surface area contributed by atoms with E-state index >= 15 is 0 Å². The second-order valence-electron chi connectivity index (χ2n) is 7.06. The average Bonchev–Trinajstić information content (AvgIpc) is 2.69. The van der Waals surface area contributed by atoms with E-state index in [9.17, 15) is 8.42 Å². The van der Waals surface area contributed by atoms with Crippen LogP contribution in [0.3, 0.4) is 0 Å². The summed E-state index contributed by atoms with van der Waals surface area (Å²) in [6.45, 7) is 7.94. The number of benzene rings is 2. The van der Waals surface area contributed by atoms with Gasteiger partial charge in [-0.25, -0.2) is 8.42 Å². The van der Waals surface area contributed by atoms with Crippen LogP contribution in [0.25, 0.3) is 0 Å². The van der Waals surface area contributed by atoms with E-state index in [2.05, 4.69) is 0 Å². The molecule has 28 heavy (non-hydrogen) atoms. The van der Waals surface area contributed by atoms with Crippen LogP contribution in [0.4, 0.5) is 0 Å². The van der Waals surface area contributed by atoms with Crippen LogP contribution in [0.15, 0.2) is 47.4 Å². The summed E-state index contributed by atoms with van der Waals surface area (Å²) in [5, 5.41) is 0. The molecule has 2 aromatic rings. The third-order valence-electron chi connectivity index (χ3n) is 5.07. The molecule has 1 heterocycles. The molecule has 6 nitrogen and oxygen atoms in total. The lowest BCUT2D eigenvalue weighted by molar-refractivity contribution is -0.917. The van der Waals surface area contributed by atoms with Crippen LogP contribution >= 0.6 is 0 Å². The van der Waals surface area contributed by atoms with E-state index in [1.165, 1.54) is 4.90 Å². The Hall–Kier alpha value is -2.09. The first-order valence-electron chi connectivity index (χ1n) is 9.64. The van der Waals surface area contributed by atoms with Crippen molar-refractivity contribution >= 4 is 10.0 Å². The lowest BCUT2D eigenvalue weighted by Crippen LogP contribution is -3.13. The fraction of sp³-hybridized carbons (Fsp3) is 0.429. The predicted molar refractivity (Wildman–Crippen MR) is 109 cm³/mol. The van der Waals surface area contributed by atoms with E-state index in [0.717, 1.165) is 42.3 Å². The Kier molecular flexibility index (Phi) is 6.59. The van der Waals surface area contributed by atoms with Gasteiger partial charge in [-0.15, -0.1) is 0 Å². The standard InChI is InChI=1S/C21H28N2O4S/c1-4-27-21-15-18(7-10-20(21)26-3)16-22-11-13-23(14-12-22)28(24,25)19-8-5-17(2)6-9-19/h5-10,15H,4,11-14,16H2,1-3H3/p+1. The summed E-state index contributed by atoms with van der Waals surface area (Å²) in [5.41, 5.74) is 2.22. The highest BCUT2D eigenvalue weighted by atomic mass is 32.2. The van der Waals surface area contributed by atoms with Crippen molar-refractivity contribution in [1.82, 2.24) is 4.31 Å². The molecule has 1 fully saturated rings. The zero-order valence-corrected chi connectivity index (χ0v) is 17.6. The van der Waals surface area contributed by atoms with E-state index in [1.807, 2.05) is 44.2 Å². The van der Waals surface area contributed by atoms with Crippen LogP contribution in [-0.2, 0) is 16.6 Å². The van der Waals surface area contributed by atoms with Crippen LogP contribution in [0.5, 0.6) is 11.5 Å². The molecule has 152 valence electrons. The van der Waals surface area contributed by atoms with E-state index < -0.39 is 10.0 Å². The monoisotopic (exact) mass is 405 g/mol. The lowest BCUT2D eigenvalue weighted by atomic mass is 10.1. The summed E-state index contributed by atoms with van der Waals surface area (Å²) < 4.78 is 38.3. The van der Waals surface area contributed by atoms with Gasteiger partial charge in [0.05, 0.1) is 44.8 Å². The van der Waals surface area contributed by atoms with E-state index in [4.69, 9.17) is 9.47 Å². The predicted octanol–water partition coefficient (Wildman–Crippen LogP) is 1.49. The number of hydrogen-bond acceptors (Lipinski definition) is 4. The number of nitrogens with zero attached hydrogens (tertiary/aromatic N) is 1. The largest absolute Gasteiger partial charge is 0.493 e. The van der Waals surface area contributed by atoms with Crippen LogP contribution < -0.4 is 14.4 Å². The molecule has 0 radical (unpaired) electrons. The third kappa shape index (κ3) is 4.66. The molecule has 3 rings (SSSR count). The molecule has 2 aromatic carbocycles. The van der Waals surface area contributed by atoms with Gasteiger partial charge < -0.3 is 14.4 Å². The number of nitrogens with one attached hydrogen (secondary N) is 1. The van der Waals surface area contributed by atoms with Crippen LogP contribution in [0, 0.1) is 6.92 Å². The molecular formula is C21H29N2O4S+. The zero-order chi connectivity index (χ0) is 20.1. The average molecular weight is 406 g/mol. The van der Waals surface area contributed by atoms with Crippen molar-refractivity contribution in [3.05, 3.63) is 53.6 Å². The van der Waals surface area contributed by atoms with Crippen molar-refractivity contribution in [2.24, 2.45) is 0 Å². The molecule has 0 bridgehead atoms. The summed E-state index contributed by atoms with van der Waals surface area (Å²) in [4.78, 5) is 1.74. The maximum atomic E-state index is 12.8. The van der Waals surface area contributed by atoms with Crippen LogP contribution in [-0.4, -0.2) is 52.6 Å². The normalized spacial score (nSPS) is 16.1. The highest BCUT2D eigenvalue weighted by molar-refractivity contribution is 7.89. The number of ether oxygens (including phenoxy) is 2. The second kappa shape index (κ2) is 8.94. The Balaban J connectivity index is 1.62. The molecule has 0 aromatic heterocycles. The number of hydrogen-bond donors (Lipinski definition) is 1. The van der Waals surface area contributed by atoms with Gasteiger partial charge in [0.1, 0.15) is 6.54 Å². The molecule has 1 saturated heterocycles. The van der Waals surface area contributed by atoms with Gasteiger partial charge in [0.2, 0.25) is 10.0 Å². The molecule has 0 spiro atoms. The molecule has 0 atom stereocenters. The molecular weight excluding hydrogens is 376 g/mol. The Morgan fingerprint density at radius 2 is 1.71 bits per heavy atom. The topological polar surface area (TPSA) is 60.3 Å².